The summed E-state index contributed by atoms with van der Waals surface area (Å²) < 4.78 is 5.31. The lowest BCUT2D eigenvalue weighted by molar-refractivity contribution is -0.116. The fourth-order valence-corrected chi connectivity index (χ4v) is 2.64. The summed E-state index contributed by atoms with van der Waals surface area (Å²) in [6.45, 7) is 1.91. The maximum absolute atomic E-state index is 12.0. The molecule has 7 heteroatoms. The van der Waals surface area contributed by atoms with Crippen LogP contribution in [0.1, 0.15) is 41.1 Å². The van der Waals surface area contributed by atoms with E-state index in [2.05, 4.69) is 20.8 Å². The molecule has 0 aliphatic carbocycles. The number of nitrogens with zero attached hydrogens (tertiary/aromatic N) is 1. The second kappa shape index (κ2) is 5.51. The Morgan fingerprint density at radius 1 is 1.55 bits per heavy atom. The number of hydrogen-bond acceptors (Lipinski definition) is 4. The molecule has 0 saturated heterocycles. The average Bonchev–Trinajstić information content (AvgIpc) is 3.14. The smallest absolute Gasteiger partial charge is 0.269 e. The molecule has 114 valence electrons. The highest BCUT2D eigenvalue weighted by Gasteiger charge is 2.33. The summed E-state index contributed by atoms with van der Waals surface area (Å²) in [7, 11) is 1.55. The number of allylic oxidation sites excluding steroid dienone is 1. The first-order valence-corrected chi connectivity index (χ1v) is 6.92. The Morgan fingerprint density at radius 2 is 2.36 bits per heavy atom. The van der Waals surface area contributed by atoms with Gasteiger partial charge in [-0.05, 0) is 25.1 Å². The van der Waals surface area contributed by atoms with Crippen molar-refractivity contribution in [1.82, 2.24) is 15.5 Å². The summed E-state index contributed by atoms with van der Waals surface area (Å²) in [6.07, 6.45) is 3.72. The lowest BCUT2D eigenvalue weighted by Gasteiger charge is -2.23. The number of aromatic amines is 1. The molecule has 1 aliphatic heterocycles. The van der Waals surface area contributed by atoms with Gasteiger partial charge < -0.3 is 15.1 Å². The Balaban J connectivity index is 2.05. The maximum Gasteiger partial charge on any atom is 0.269 e. The SMILES string of the molecule is CNC(=O)c1[nH]nc2c1[C@@H](/C(C)=C/c1ccco1)CC(=O)N2. The molecular formula is C15H16N4O3. The highest BCUT2D eigenvalue weighted by atomic mass is 16.3. The molecule has 0 radical (unpaired) electrons. The van der Waals surface area contributed by atoms with Crippen LogP contribution in [0.2, 0.25) is 0 Å². The van der Waals surface area contributed by atoms with Crippen LogP contribution in [0, 0.1) is 0 Å². The fourth-order valence-electron chi connectivity index (χ4n) is 2.64. The number of amides is 2. The van der Waals surface area contributed by atoms with E-state index in [1.807, 2.05) is 19.1 Å². The molecule has 22 heavy (non-hydrogen) atoms. The van der Waals surface area contributed by atoms with Gasteiger partial charge in [-0.1, -0.05) is 5.57 Å². The summed E-state index contributed by atoms with van der Waals surface area (Å²) in [6, 6.07) is 3.63. The van der Waals surface area contributed by atoms with E-state index in [0.717, 1.165) is 5.57 Å². The number of rotatable bonds is 3. The molecule has 3 rings (SSSR count). The third-order valence-electron chi connectivity index (χ3n) is 3.72. The number of carbonyl (C=O) groups is 2. The minimum absolute atomic E-state index is 0.125. The molecule has 2 aromatic heterocycles. The van der Waals surface area contributed by atoms with E-state index < -0.39 is 0 Å². The van der Waals surface area contributed by atoms with Crippen LogP contribution in [0.3, 0.4) is 0 Å². The monoisotopic (exact) mass is 300 g/mol. The second-order valence-electron chi connectivity index (χ2n) is 5.15. The van der Waals surface area contributed by atoms with Crippen LogP contribution in [0.4, 0.5) is 5.82 Å². The van der Waals surface area contributed by atoms with Gasteiger partial charge in [-0.3, -0.25) is 14.7 Å². The van der Waals surface area contributed by atoms with Gasteiger partial charge in [0.05, 0.1) is 6.26 Å². The van der Waals surface area contributed by atoms with Gasteiger partial charge in [0.1, 0.15) is 11.5 Å². The molecule has 2 amide bonds. The van der Waals surface area contributed by atoms with Crippen LogP contribution >= 0.6 is 0 Å². The number of furan rings is 1. The number of aromatic nitrogens is 2. The zero-order valence-electron chi connectivity index (χ0n) is 12.3. The van der Waals surface area contributed by atoms with Gasteiger partial charge in [0.15, 0.2) is 5.82 Å². The van der Waals surface area contributed by atoms with E-state index in [9.17, 15) is 9.59 Å². The first-order chi connectivity index (χ1) is 10.6. The standard InChI is InChI=1S/C15H16N4O3/c1-8(6-9-4-3-5-22-9)10-7-11(20)17-14-12(10)13(18-19-14)15(21)16-2/h3-6,10H,7H2,1-2H3,(H,16,21)(H2,17,18,19,20)/b8-6+/t10-/m1/s1. The molecule has 3 N–H and O–H groups in total. The quantitative estimate of drug-likeness (QED) is 0.806. The first kappa shape index (κ1) is 14.1. The molecule has 3 heterocycles. The summed E-state index contributed by atoms with van der Waals surface area (Å²) in [5, 5.41) is 12.0. The maximum atomic E-state index is 12.0. The zero-order valence-corrected chi connectivity index (χ0v) is 12.3. The van der Waals surface area contributed by atoms with Crippen LogP contribution in [0.25, 0.3) is 6.08 Å². The van der Waals surface area contributed by atoms with Gasteiger partial charge in [-0.15, -0.1) is 0 Å². The minimum atomic E-state index is -0.263. The Kier molecular flexibility index (Phi) is 3.54. The fraction of sp³-hybridized carbons (Fsp3) is 0.267. The van der Waals surface area contributed by atoms with E-state index in [1.54, 1.807) is 19.4 Å². The van der Waals surface area contributed by atoms with Crippen molar-refractivity contribution in [2.75, 3.05) is 12.4 Å². The van der Waals surface area contributed by atoms with Crippen LogP contribution in [0.5, 0.6) is 0 Å². The molecular weight excluding hydrogens is 284 g/mol. The van der Waals surface area contributed by atoms with Crippen molar-refractivity contribution >= 4 is 23.7 Å². The van der Waals surface area contributed by atoms with Crippen molar-refractivity contribution in [3.63, 3.8) is 0 Å². The minimum Gasteiger partial charge on any atom is -0.465 e. The summed E-state index contributed by atoms with van der Waals surface area (Å²) in [4.78, 5) is 23.9. The number of carbonyl (C=O) groups excluding carboxylic acids is 2. The van der Waals surface area contributed by atoms with Gasteiger partial charge in [0, 0.05) is 24.9 Å². The van der Waals surface area contributed by atoms with Gasteiger partial charge in [-0.25, -0.2) is 0 Å². The molecule has 1 aliphatic rings. The van der Waals surface area contributed by atoms with Crippen LogP contribution in [0.15, 0.2) is 28.4 Å². The Morgan fingerprint density at radius 3 is 3.05 bits per heavy atom. The van der Waals surface area contributed by atoms with Gasteiger partial charge in [0.2, 0.25) is 5.91 Å². The van der Waals surface area contributed by atoms with Crippen molar-refractivity contribution in [3.8, 4) is 0 Å². The second-order valence-corrected chi connectivity index (χ2v) is 5.15. The van der Waals surface area contributed by atoms with Crippen LogP contribution in [-0.2, 0) is 4.79 Å². The Bertz CT molecular complexity index is 743. The molecule has 0 bridgehead atoms. The van der Waals surface area contributed by atoms with E-state index >= 15 is 0 Å². The summed E-state index contributed by atoms with van der Waals surface area (Å²) >= 11 is 0. The lowest BCUT2D eigenvalue weighted by Crippen LogP contribution is -2.26. The lowest BCUT2D eigenvalue weighted by atomic mass is 9.85. The summed E-state index contributed by atoms with van der Waals surface area (Å²) in [5.41, 5.74) is 2.01. The molecule has 0 unspecified atom stereocenters. The van der Waals surface area contributed by atoms with Gasteiger partial charge in [-0.2, -0.15) is 5.10 Å². The van der Waals surface area contributed by atoms with Crippen LogP contribution in [-0.4, -0.2) is 29.1 Å². The third-order valence-corrected chi connectivity index (χ3v) is 3.72. The predicted octanol–water partition coefficient (Wildman–Crippen LogP) is 1.89. The molecule has 7 nitrogen and oxygen atoms in total. The topological polar surface area (TPSA) is 100 Å². The zero-order chi connectivity index (χ0) is 15.7. The average molecular weight is 300 g/mol. The molecule has 0 saturated carbocycles. The third kappa shape index (κ3) is 2.41. The number of fused-ring (bicyclic) bond motifs is 1. The Labute approximate surface area is 126 Å². The van der Waals surface area contributed by atoms with E-state index in [1.165, 1.54) is 0 Å². The van der Waals surface area contributed by atoms with Crippen LogP contribution < -0.4 is 10.6 Å². The number of hydrogen-bond donors (Lipinski definition) is 3. The van der Waals surface area contributed by atoms with Gasteiger partial charge in [0.25, 0.3) is 5.91 Å². The molecule has 0 spiro atoms. The number of nitrogens with one attached hydrogen (secondary N) is 3. The number of anilines is 1. The van der Waals surface area contributed by atoms with E-state index in [4.69, 9.17) is 4.42 Å². The van der Waals surface area contributed by atoms with Gasteiger partial charge >= 0.3 is 0 Å². The van der Waals surface area contributed by atoms with Crippen molar-refractivity contribution in [2.45, 2.75) is 19.3 Å². The Hall–Kier alpha value is -2.83. The predicted molar refractivity (Wildman–Crippen MR) is 80.3 cm³/mol. The molecule has 2 aromatic rings. The van der Waals surface area contributed by atoms with Crippen molar-refractivity contribution in [2.24, 2.45) is 0 Å². The normalized spacial score (nSPS) is 17.8. The largest absolute Gasteiger partial charge is 0.465 e. The first-order valence-electron chi connectivity index (χ1n) is 6.92. The summed E-state index contributed by atoms with van der Waals surface area (Å²) in [5.74, 6) is 0.502. The van der Waals surface area contributed by atoms with Crippen molar-refractivity contribution < 1.29 is 14.0 Å². The van der Waals surface area contributed by atoms with E-state index in [-0.39, 0.29) is 24.2 Å². The van der Waals surface area contributed by atoms with E-state index in [0.29, 0.717) is 22.8 Å². The highest BCUT2D eigenvalue weighted by molar-refractivity contribution is 6.00. The molecule has 1 atom stereocenters. The highest BCUT2D eigenvalue weighted by Crippen LogP contribution is 2.38. The van der Waals surface area contributed by atoms with Crippen molar-refractivity contribution in [1.29, 1.82) is 0 Å². The van der Waals surface area contributed by atoms with Crippen molar-refractivity contribution in [3.05, 3.63) is 41.0 Å². The molecule has 0 aromatic carbocycles. The molecule has 0 fully saturated rings. The number of H-pyrrole nitrogens is 1.